The van der Waals surface area contributed by atoms with Gasteiger partial charge >= 0.3 is 0 Å². The molecule has 0 aliphatic carbocycles. The first-order valence-corrected chi connectivity index (χ1v) is 8.17. The first kappa shape index (κ1) is 17.5. The van der Waals surface area contributed by atoms with Gasteiger partial charge in [-0.25, -0.2) is 9.07 Å². The van der Waals surface area contributed by atoms with Crippen LogP contribution >= 0.6 is 0 Å². The van der Waals surface area contributed by atoms with E-state index in [-0.39, 0.29) is 5.56 Å². The Balaban J connectivity index is 1.87. The Hall–Kier alpha value is -3.28. The fourth-order valence-corrected chi connectivity index (χ4v) is 2.51. The number of amides is 1. The van der Waals surface area contributed by atoms with E-state index in [0.29, 0.717) is 11.4 Å². The summed E-state index contributed by atoms with van der Waals surface area (Å²) in [5, 5.41) is 6.92. The molecule has 3 rings (SSSR count). The van der Waals surface area contributed by atoms with Crippen molar-refractivity contribution in [1.82, 2.24) is 9.78 Å². The minimum atomic E-state index is -0.851. The summed E-state index contributed by atoms with van der Waals surface area (Å²) < 4.78 is 14.4. The summed E-state index contributed by atoms with van der Waals surface area (Å²) in [7, 11) is 0. The Bertz CT molecular complexity index is 996. The molecule has 1 aromatic heterocycles. The molecule has 2 aromatic carbocycles. The molecule has 0 aliphatic rings. The monoisotopic (exact) mass is 351 g/mol. The number of halogens is 1. The summed E-state index contributed by atoms with van der Waals surface area (Å²) in [4.78, 5) is 24.6. The predicted molar refractivity (Wildman–Crippen MR) is 98.4 cm³/mol. The molecule has 3 aromatic rings. The van der Waals surface area contributed by atoms with Gasteiger partial charge in [-0.1, -0.05) is 35.9 Å². The van der Waals surface area contributed by atoms with Crippen LogP contribution in [0.15, 0.2) is 65.5 Å². The average Bonchev–Trinajstić information content (AvgIpc) is 2.62. The summed E-state index contributed by atoms with van der Waals surface area (Å²) in [5.74, 6) is -0.904. The van der Waals surface area contributed by atoms with E-state index in [9.17, 15) is 14.0 Å². The molecule has 1 atom stereocenters. The Morgan fingerprint density at radius 2 is 1.85 bits per heavy atom. The topological polar surface area (TPSA) is 64.0 Å². The van der Waals surface area contributed by atoms with Crippen LogP contribution in [-0.2, 0) is 4.79 Å². The zero-order valence-electron chi connectivity index (χ0n) is 14.4. The molecule has 0 spiro atoms. The molecule has 1 N–H and O–H groups in total. The number of nitrogens with zero attached hydrogens (tertiary/aromatic N) is 2. The lowest BCUT2D eigenvalue weighted by atomic mass is 10.1. The summed E-state index contributed by atoms with van der Waals surface area (Å²) in [6, 6.07) is 15.4. The van der Waals surface area contributed by atoms with Crippen LogP contribution in [0.5, 0.6) is 0 Å². The molecule has 6 heteroatoms. The average molecular weight is 351 g/mol. The van der Waals surface area contributed by atoms with Gasteiger partial charge in [0.05, 0.1) is 5.69 Å². The van der Waals surface area contributed by atoms with Crippen LogP contribution in [0.2, 0.25) is 0 Å². The van der Waals surface area contributed by atoms with Crippen molar-refractivity contribution in [3.8, 4) is 11.3 Å². The summed E-state index contributed by atoms with van der Waals surface area (Å²) in [5.41, 5.74) is 2.49. The SMILES string of the molecule is Cc1ccc(-c2ccc(=O)n(C(C)C(=O)Nc3cccc(F)c3)n2)cc1. The van der Waals surface area contributed by atoms with Crippen LogP contribution in [0.3, 0.4) is 0 Å². The normalized spacial score (nSPS) is 11.8. The van der Waals surface area contributed by atoms with Gasteiger partial charge in [-0.15, -0.1) is 0 Å². The molecule has 0 saturated heterocycles. The second-order valence-corrected chi connectivity index (χ2v) is 6.04. The van der Waals surface area contributed by atoms with Gasteiger partial charge in [0.2, 0.25) is 5.91 Å². The third-order valence-electron chi connectivity index (χ3n) is 4.01. The molecule has 1 heterocycles. The summed E-state index contributed by atoms with van der Waals surface area (Å²) in [6.07, 6.45) is 0. The van der Waals surface area contributed by atoms with Crippen molar-refractivity contribution in [2.75, 3.05) is 5.32 Å². The van der Waals surface area contributed by atoms with Crippen LogP contribution in [-0.4, -0.2) is 15.7 Å². The lowest BCUT2D eigenvalue weighted by Crippen LogP contribution is -2.33. The number of aryl methyl sites for hydroxylation is 1. The highest BCUT2D eigenvalue weighted by atomic mass is 19.1. The van der Waals surface area contributed by atoms with Crippen LogP contribution in [0.1, 0.15) is 18.5 Å². The quantitative estimate of drug-likeness (QED) is 0.782. The molecular formula is C20H18FN3O2. The van der Waals surface area contributed by atoms with E-state index in [1.54, 1.807) is 19.1 Å². The van der Waals surface area contributed by atoms with Crippen molar-refractivity contribution in [3.05, 3.63) is 82.4 Å². The van der Waals surface area contributed by atoms with Crippen molar-refractivity contribution in [2.45, 2.75) is 19.9 Å². The highest BCUT2D eigenvalue weighted by Gasteiger charge is 2.18. The zero-order valence-corrected chi connectivity index (χ0v) is 14.4. The number of hydrogen-bond donors (Lipinski definition) is 1. The second-order valence-electron chi connectivity index (χ2n) is 6.04. The fraction of sp³-hybridized carbons (Fsp3) is 0.150. The van der Waals surface area contributed by atoms with E-state index in [4.69, 9.17) is 0 Å². The van der Waals surface area contributed by atoms with Gasteiger partial charge in [-0.2, -0.15) is 5.10 Å². The van der Waals surface area contributed by atoms with Gasteiger partial charge < -0.3 is 5.32 Å². The number of nitrogens with one attached hydrogen (secondary N) is 1. The standard InChI is InChI=1S/C20H18FN3O2/c1-13-6-8-15(9-7-13)18-10-11-19(25)24(23-18)14(2)20(26)22-17-5-3-4-16(21)12-17/h3-12,14H,1-2H3,(H,22,26). The van der Waals surface area contributed by atoms with E-state index in [2.05, 4.69) is 10.4 Å². The van der Waals surface area contributed by atoms with Gasteiger partial charge in [0.15, 0.2) is 0 Å². The predicted octanol–water partition coefficient (Wildman–Crippen LogP) is 3.56. The van der Waals surface area contributed by atoms with Crippen molar-refractivity contribution >= 4 is 11.6 Å². The largest absolute Gasteiger partial charge is 0.324 e. The molecule has 1 amide bonds. The Labute approximate surface area is 150 Å². The molecule has 0 radical (unpaired) electrons. The van der Waals surface area contributed by atoms with Crippen LogP contribution in [0.25, 0.3) is 11.3 Å². The maximum absolute atomic E-state index is 13.3. The van der Waals surface area contributed by atoms with Crippen molar-refractivity contribution in [3.63, 3.8) is 0 Å². The molecular weight excluding hydrogens is 333 g/mol. The van der Waals surface area contributed by atoms with Gasteiger partial charge in [0, 0.05) is 17.3 Å². The number of aromatic nitrogens is 2. The molecule has 0 fully saturated rings. The van der Waals surface area contributed by atoms with E-state index in [1.807, 2.05) is 31.2 Å². The van der Waals surface area contributed by atoms with Gasteiger partial charge in [-0.05, 0) is 38.1 Å². The Morgan fingerprint density at radius 3 is 2.54 bits per heavy atom. The van der Waals surface area contributed by atoms with Crippen molar-refractivity contribution in [2.24, 2.45) is 0 Å². The third kappa shape index (κ3) is 3.85. The fourth-order valence-electron chi connectivity index (χ4n) is 2.51. The molecule has 0 aliphatic heterocycles. The molecule has 5 nitrogen and oxygen atoms in total. The van der Waals surface area contributed by atoms with E-state index in [1.165, 1.54) is 24.3 Å². The number of anilines is 1. The van der Waals surface area contributed by atoms with Crippen molar-refractivity contribution < 1.29 is 9.18 Å². The first-order valence-electron chi connectivity index (χ1n) is 8.17. The third-order valence-corrected chi connectivity index (χ3v) is 4.01. The second kappa shape index (κ2) is 7.31. The molecule has 132 valence electrons. The zero-order chi connectivity index (χ0) is 18.7. The lowest BCUT2D eigenvalue weighted by molar-refractivity contribution is -0.119. The van der Waals surface area contributed by atoms with E-state index < -0.39 is 17.8 Å². The van der Waals surface area contributed by atoms with E-state index in [0.717, 1.165) is 15.8 Å². The highest BCUT2D eigenvalue weighted by Crippen LogP contribution is 2.17. The minimum absolute atomic E-state index is 0.324. The first-order chi connectivity index (χ1) is 12.4. The number of benzene rings is 2. The number of hydrogen-bond acceptors (Lipinski definition) is 3. The smallest absolute Gasteiger partial charge is 0.267 e. The maximum atomic E-state index is 13.3. The Morgan fingerprint density at radius 1 is 1.12 bits per heavy atom. The summed E-state index contributed by atoms with van der Waals surface area (Å²) in [6.45, 7) is 3.55. The van der Waals surface area contributed by atoms with Crippen LogP contribution < -0.4 is 10.9 Å². The number of carbonyl (C=O) groups is 1. The van der Waals surface area contributed by atoms with E-state index >= 15 is 0 Å². The molecule has 0 bridgehead atoms. The highest BCUT2D eigenvalue weighted by molar-refractivity contribution is 5.93. The summed E-state index contributed by atoms with van der Waals surface area (Å²) >= 11 is 0. The number of carbonyl (C=O) groups excluding carboxylic acids is 1. The molecule has 26 heavy (non-hydrogen) atoms. The van der Waals surface area contributed by atoms with Gasteiger partial charge in [0.25, 0.3) is 5.56 Å². The van der Waals surface area contributed by atoms with Gasteiger partial charge in [-0.3, -0.25) is 9.59 Å². The lowest BCUT2D eigenvalue weighted by Gasteiger charge is -2.15. The number of rotatable bonds is 4. The maximum Gasteiger partial charge on any atom is 0.267 e. The molecule has 0 saturated carbocycles. The van der Waals surface area contributed by atoms with Crippen LogP contribution in [0, 0.1) is 12.7 Å². The van der Waals surface area contributed by atoms with Gasteiger partial charge in [0.1, 0.15) is 11.9 Å². The molecule has 1 unspecified atom stereocenters. The van der Waals surface area contributed by atoms with Crippen molar-refractivity contribution in [1.29, 1.82) is 0 Å². The minimum Gasteiger partial charge on any atom is -0.324 e. The van der Waals surface area contributed by atoms with Crippen LogP contribution in [0.4, 0.5) is 10.1 Å². The Kier molecular flexibility index (Phi) is 4.93.